The van der Waals surface area contributed by atoms with Crippen LogP contribution in [0.3, 0.4) is 0 Å². The van der Waals surface area contributed by atoms with E-state index in [0.717, 1.165) is 49.8 Å². The molecule has 0 fully saturated rings. The van der Waals surface area contributed by atoms with Gasteiger partial charge in [0.15, 0.2) is 17.5 Å². The topological polar surface area (TPSA) is 51.8 Å². The highest BCUT2D eigenvalue weighted by molar-refractivity contribution is 6.68. The zero-order valence-corrected chi connectivity index (χ0v) is 31.1. The molecule has 9 heteroatoms. The molecule has 9 rings (SSSR count). The maximum Gasteiger partial charge on any atom is 0.164 e. The van der Waals surface area contributed by atoms with Crippen LogP contribution < -0.4 is 27.3 Å². The fourth-order valence-electron chi connectivity index (χ4n) is 7.71. The third kappa shape index (κ3) is 5.86. The molecule has 0 aliphatic rings. The maximum absolute atomic E-state index is 6.58. The molecule has 0 atom stereocenters. The number of nitrogens with zero attached hydrogens (tertiary/aromatic N) is 3. The lowest BCUT2D eigenvalue weighted by Gasteiger charge is -2.20. The largest absolute Gasteiger partial charge is 0.455 e. The molecule has 4 nitrogen and oxygen atoms in total. The van der Waals surface area contributed by atoms with Crippen molar-refractivity contribution in [1.82, 2.24) is 15.0 Å². The molecule has 0 N–H and O–H groups in total. The first-order valence-corrected chi connectivity index (χ1v) is 18.4. The van der Waals surface area contributed by atoms with Gasteiger partial charge in [0.05, 0.1) is 0 Å². The molecular weight excluding hydrogens is 653 g/mol. The van der Waals surface area contributed by atoms with Gasteiger partial charge in [-0.15, -0.1) is 16.4 Å². The lowest BCUT2D eigenvalue weighted by atomic mass is 9.59. The Kier molecular flexibility index (Phi) is 8.43. The van der Waals surface area contributed by atoms with Gasteiger partial charge in [-0.3, -0.25) is 0 Å². The van der Waals surface area contributed by atoms with Gasteiger partial charge >= 0.3 is 0 Å². The van der Waals surface area contributed by atoms with E-state index in [9.17, 15) is 0 Å². The Hall–Kier alpha value is -6.33. The van der Waals surface area contributed by atoms with Gasteiger partial charge < -0.3 is 4.42 Å². The van der Waals surface area contributed by atoms with Crippen molar-refractivity contribution < 1.29 is 4.42 Å². The maximum atomic E-state index is 6.58. The number of aromatic nitrogens is 3. The Morgan fingerprint density at radius 3 is 1.37 bits per heavy atom. The van der Waals surface area contributed by atoms with Crippen molar-refractivity contribution in [2.24, 2.45) is 0 Å². The standard InChI is InChI=1S/C45H34B5N3O/c46-37-36(38(47)40(49)41(50)39(37)48)28-20-16-26(17-21-28)25-14-18-27(19-15-25)32-12-7-13-33-34-24-31(22-23-35(34)54-42(32)33)45-52-43(29-8-3-1-4-9-29)51-44(53-45)30-10-5-2-6-11-30/h1-24H,46-50H2. The van der Waals surface area contributed by atoms with Gasteiger partial charge in [-0.2, -0.15) is 0 Å². The minimum Gasteiger partial charge on any atom is -0.455 e. The Morgan fingerprint density at radius 1 is 0.352 bits per heavy atom. The number of benzene rings is 7. The van der Waals surface area contributed by atoms with Crippen LogP contribution in [0.1, 0.15) is 0 Å². The lowest BCUT2D eigenvalue weighted by Crippen LogP contribution is -2.55. The summed E-state index contributed by atoms with van der Waals surface area (Å²) in [6, 6.07) is 50.5. The van der Waals surface area contributed by atoms with E-state index in [2.05, 4.69) is 112 Å². The first-order chi connectivity index (χ1) is 26.3. The molecule has 0 unspecified atom stereocenters. The second kappa shape index (κ2) is 13.6. The summed E-state index contributed by atoms with van der Waals surface area (Å²) >= 11 is 0. The predicted octanol–water partition coefficient (Wildman–Crippen LogP) is 3.07. The highest BCUT2D eigenvalue weighted by Gasteiger charge is 2.17. The minimum absolute atomic E-state index is 0.619. The Labute approximate surface area is 319 Å². The van der Waals surface area contributed by atoms with Crippen molar-refractivity contribution >= 4 is 88.5 Å². The molecule has 54 heavy (non-hydrogen) atoms. The third-order valence-corrected chi connectivity index (χ3v) is 11.2. The van der Waals surface area contributed by atoms with E-state index in [4.69, 9.17) is 19.4 Å². The molecule has 0 bridgehead atoms. The average molecular weight is 687 g/mol. The van der Waals surface area contributed by atoms with E-state index in [1.807, 2.05) is 72.8 Å². The van der Waals surface area contributed by atoms with Crippen LogP contribution in [-0.2, 0) is 0 Å². The zero-order chi connectivity index (χ0) is 36.9. The van der Waals surface area contributed by atoms with Crippen molar-refractivity contribution in [2.45, 2.75) is 0 Å². The zero-order valence-electron chi connectivity index (χ0n) is 31.1. The van der Waals surface area contributed by atoms with Crippen molar-refractivity contribution in [1.29, 1.82) is 0 Å². The van der Waals surface area contributed by atoms with Gasteiger partial charge in [-0.05, 0) is 46.0 Å². The number of rotatable bonds is 6. The summed E-state index contributed by atoms with van der Waals surface area (Å²) in [4.78, 5) is 14.8. The molecule has 0 spiro atoms. The van der Waals surface area contributed by atoms with Gasteiger partial charge in [0.2, 0.25) is 0 Å². The normalized spacial score (nSPS) is 11.3. The summed E-state index contributed by atoms with van der Waals surface area (Å²) < 4.78 is 6.58. The molecule has 0 radical (unpaired) electrons. The van der Waals surface area contributed by atoms with Crippen molar-refractivity contribution in [3.05, 3.63) is 146 Å². The van der Waals surface area contributed by atoms with E-state index >= 15 is 0 Å². The first kappa shape index (κ1) is 33.5. The van der Waals surface area contributed by atoms with Crippen LogP contribution in [0.25, 0.3) is 89.5 Å². The number of hydrogen-bond acceptors (Lipinski definition) is 4. The lowest BCUT2D eigenvalue weighted by molar-refractivity contribution is 0.670. The Balaban J connectivity index is 1.06. The van der Waals surface area contributed by atoms with Crippen LogP contribution in [0.4, 0.5) is 0 Å². The molecule has 2 aromatic heterocycles. The summed E-state index contributed by atoms with van der Waals surface area (Å²) in [6.07, 6.45) is 0. The fraction of sp³-hybridized carbons (Fsp3) is 0. The summed E-state index contributed by atoms with van der Waals surface area (Å²) in [7, 11) is 11.2. The van der Waals surface area contributed by atoms with Crippen LogP contribution in [0.5, 0.6) is 0 Å². The highest BCUT2D eigenvalue weighted by Crippen LogP contribution is 2.38. The molecule has 0 amide bonds. The van der Waals surface area contributed by atoms with Gasteiger partial charge in [0.1, 0.15) is 50.4 Å². The second-order valence-corrected chi connectivity index (χ2v) is 14.2. The molecule has 7 aromatic carbocycles. The monoisotopic (exact) mass is 687 g/mol. The van der Waals surface area contributed by atoms with Crippen LogP contribution in [0, 0.1) is 0 Å². The molecule has 9 aromatic rings. The Morgan fingerprint density at radius 2 is 0.815 bits per heavy atom. The fourth-order valence-corrected chi connectivity index (χ4v) is 7.71. The molecule has 0 saturated carbocycles. The molecule has 0 saturated heterocycles. The predicted molar refractivity (Wildman–Crippen MR) is 241 cm³/mol. The van der Waals surface area contributed by atoms with Crippen molar-refractivity contribution in [3.63, 3.8) is 0 Å². The summed E-state index contributed by atoms with van der Waals surface area (Å²) in [5, 5.41) is 2.07. The second-order valence-electron chi connectivity index (χ2n) is 14.2. The van der Waals surface area contributed by atoms with Crippen LogP contribution in [0.2, 0.25) is 0 Å². The van der Waals surface area contributed by atoms with E-state index in [-0.39, 0.29) is 0 Å². The summed E-state index contributed by atoms with van der Waals surface area (Å²) in [5.74, 6) is 1.90. The first-order valence-electron chi connectivity index (χ1n) is 18.4. The van der Waals surface area contributed by atoms with E-state index < -0.39 is 0 Å². The Bertz CT molecular complexity index is 2770. The summed E-state index contributed by atoms with van der Waals surface area (Å²) in [5.41, 5.74) is 18.5. The number of furan rings is 1. The number of para-hydroxylation sites is 1. The quantitative estimate of drug-likeness (QED) is 0.253. The van der Waals surface area contributed by atoms with Crippen LogP contribution in [0.15, 0.2) is 150 Å². The van der Waals surface area contributed by atoms with Gasteiger partial charge in [0.25, 0.3) is 0 Å². The SMILES string of the molecule is Bc1c(B)c(B)c(-c2ccc(-c3ccc(-c4cccc5c4oc4ccc(-c6nc(-c7ccccc7)nc(-c7ccccc7)n6)cc45)cc3)cc2)c(B)c1B. The van der Waals surface area contributed by atoms with Crippen LogP contribution >= 0.6 is 0 Å². The smallest absolute Gasteiger partial charge is 0.164 e. The highest BCUT2D eigenvalue weighted by atomic mass is 16.3. The molecule has 2 heterocycles. The van der Waals surface area contributed by atoms with E-state index in [1.54, 1.807) is 0 Å². The van der Waals surface area contributed by atoms with Gasteiger partial charge in [-0.25, -0.2) is 15.0 Å². The molecule has 250 valence electrons. The average Bonchev–Trinajstić information content (AvgIpc) is 3.61. The third-order valence-electron chi connectivity index (χ3n) is 11.2. The van der Waals surface area contributed by atoms with E-state index in [1.165, 1.54) is 49.6 Å². The van der Waals surface area contributed by atoms with Crippen LogP contribution in [-0.4, -0.2) is 54.2 Å². The van der Waals surface area contributed by atoms with Gasteiger partial charge in [0, 0.05) is 33.0 Å². The number of fused-ring (bicyclic) bond motifs is 3. The molecular formula is C45H34B5N3O. The number of hydrogen-bond donors (Lipinski definition) is 0. The van der Waals surface area contributed by atoms with Crippen molar-refractivity contribution in [2.75, 3.05) is 0 Å². The van der Waals surface area contributed by atoms with Crippen molar-refractivity contribution in [3.8, 4) is 67.5 Å². The van der Waals surface area contributed by atoms with Gasteiger partial charge in [-0.1, -0.05) is 138 Å². The minimum atomic E-state index is 0.619. The van der Waals surface area contributed by atoms with E-state index in [0.29, 0.717) is 17.5 Å². The molecule has 0 aliphatic heterocycles. The molecule has 0 aliphatic carbocycles. The summed E-state index contributed by atoms with van der Waals surface area (Å²) in [6.45, 7) is 0.